The van der Waals surface area contributed by atoms with E-state index < -0.39 is 11.5 Å². The molecule has 2 aromatic rings. The number of para-hydroxylation sites is 2. The second-order valence-corrected chi connectivity index (χ2v) is 9.82. The van der Waals surface area contributed by atoms with Crippen LogP contribution in [-0.2, 0) is 0 Å². The molecule has 166 valence electrons. The molecule has 3 atom stereocenters. The largest absolute Gasteiger partial charge is 0.476 e. The lowest BCUT2D eigenvalue weighted by atomic mass is 9.80. The predicted octanol–water partition coefficient (Wildman–Crippen LogP) is 4.62. The highest BCUT2D eigenvalue weighted by molar-refractivity contribution is 5.88. The van der Waals surface area contributed by atoms with Gasteiger partial charge < -0.3 is 9.67 Å². The SMILES string of the molecule is O=C(O)c1nc2ccccc2n(C2CC3CCC[C@H](C2)N3CCC2CCCCC2)c1=O. The minimum Gasteiger partial charge on any atom is -0.476 e. The van der Waals surface area contributed by atoms with Crippen LogP contribution in [0.1, 0.15) is 87.2 Å². The number of piperidine rings is 2. The first kappa shape index (κ1) is 20.7. The molecular formula is C25H33N3O3. The van der Waals surface area contributed by atoms with Crippen molar-refractivity contribution >= 4 is 17.0 Å². The first-order valence-corrected chi connectivity index (χ1v) is 12.1. The Labute approximate surface area is 183 Å². The van der Waals surface area contributed by atoms with E-state index in [1.54, 1.807) is 10.6 Å². The molecular weight excluding hydrogens is 390 g/mol. The van der Waals surface area contributed by atoms with Crippen LogP contribution in [0.5, 0.6) is 0 Å². The van der Waals surface area contributed by atoms with Crippen LogP contribution >= 0.6 is 0 Å². The van der Waals surface area contributed by atoms with Crippen LogP contribution in [0, 0.1) is 5.92 Å². The topological polar surface area (TPSA) is 75.4 Å². The van der Waals surface area contributed by atoms with Gasteiger partial charge in [0.15, 0.2) is 0 Å². The zero-order valence-electron chi connectivity index (χ0n) is 18.2. The zero-order chi connectivity index (χ0) is 21.4. The van der Waals surface area contributed by atoms with Gasteiger partial charge in [-0.3, -0.25) is 9.69 Å². The van der Waals surface area contributed by atoms with E-state index in [1.807, 2.05) is 18.2 Å². The minimum atomic E-state index is -1.24. The minimum absolute atomic E-state index is 0.0414. The smallest absolute Gasteiger partial charge is 0.360 e. The van der Waals surface area contributed by atoms with Gasteiger partial charge in [0.05, 0.1) is 11.0 Å². The number of benzene rings is 1. The highest BCUT2D eigenvalue weighted by Crippen LogP contribution is 2.40. The number of aromatic nitrogens is 2. The summed E-state index contributed by atoms with van der Waals surface area (Å²) in [6, 6.07) is 8.48. The first-order valence-electron chi connectivity index (χ1n) is 12.1. The number of rotatable bonds is 5. The molecule has 2 bridgehead atoms. The van der Waals surface area contributed by atoms with Crippen LogP contribution in [0.15, 0.2) is 29.1 Å². The highest BCUT2D eigenvalue weighted by Gasteiger charge is 2.39. The second-order valence-electron chi connectivity index (χ2n) is 9.82. The Morgan fingerprint density at radius 2 is 1.68 bits per heavy atom. The van der Waals surface area contributed by atoms with Crippen molar-refractivity contribution < 1.29 is 9.90 Å². The van der Waals surface area contributed by atoms with Crippen molar-refractivity contribution in [2.45, 2.75) is 88.8 Å². The summed E-state index contributed by atoms with van der Waals surface area (Å²) in [6.45, 7) is 1.18. The molecule has 1 aromatic heterocycles. The molecule has 1 N–H and O–H groups in total. The molecule has 0 radical (unpaired) electrons. The molecule has 1 aromatic carbocycles. The zero-order valence-corrected chi connectivity index (χ0v) is 18.2. The molecule has 3 aliphatic rings. The van der Waals surface area contributed by atoms with Crippen molar-refractivity contribution in [3.8, 4) is 0 Å². The molecule has 0 spiro atoms. The van der Waals surface area contributed by atoms with E-state index in [0.717, 1.165) is 24.3 Å². The number of hydrogen-bond donors (Lipinski definition) is 1. The van der Waals surface area contributed by atoms with Crippen LogP contribution in [0.4, 0.5) is 0 Å². The molecule has 2 unspecified atom stereocenters. The molecule has 6 nitrogen and oxygen atoms in total. The van der Waals surface area contributed by atoms with Crippen molar-refractivity contribution in [2.24, 2.45) is 5.92 Å². The summed E-state index contributed by atoms with van der Waals surface area (Å²) in [6.07, 6.45) is 13.7. The Hall–Kier alpha value is -2.21. The van der Waals surface area contributed by atoms with E-state index in [2.05, 4.69) is 9.88 Å². The summed E-state index contributed by atoms with van der Waals surface area (Å²) < 4.78 is 1.76. The van der Waals surface area contributed by atoms with E-state index in [1.165, 1.54) is 64.3 Å². The molecule has 5 rings (SSSR count). The highest BCUT2D eigenvalue weighted by atomic mass is 16.4. The van der Waals surface area contributed by atoms with E-state index in [0.29, 0.717) is 17.6 Å². The Morgan fingerprint density at radius 1 is 0.968 bits per heavy atom. The van der Waals surface area contributed by atoms with Gasteiger partial charge in [0.2, 0.25) is 5.69 Å². The monoisotopic (exact) mass is 423 g/mol. The number of hydrogen-bond acceptors (Lipinski definition) is 4. The van der Waals surface area contributed by atoms with Gasteiger partial charge in [0.25, 0.3) is 5.56 Å². The van der Waals surface area contributed by atoms with Crippen LogP contribution in [0.3, 0.4) is 0 Å². The second kappa shape index (κ2) is 8.73. The maximum absolute atomic E-state index is 13.2. The summed E-state index contributed by atoms with van der Waals surface area (Å²) in [7, 11) is 0. The van der Waals surface area contributed by atoms with E-state index in [4.69, 9.17) is 0 Å². The maximum atomic E-state index is 13.2. The number of carbonyl (C=O) groups is 1. The third-order valence-electron chi connectivity index (χ3n) is 7.98. The summed E-state index contributed by atoms with van der Waals surface area (Å²) in [5, 5.41) is 9.56. The van der Waals surface area contributed by atoms with E-state index in [-0.39, 0.29) is 11.7 Å². The number of carboxylic acid groups (broad SMARTS) is 1. The predicted molar refractivity (Wildman–Crippen MR) is 121 cm³/mol. The Balaban J connectivity index is 1.42. The first-order chi connectivity index (χ1) is 15.1. The van der Waals surface area contributed by atoms with Gasteiger partial charge in [0, 0.05) is 18.1 Å². The molecule has 2 aliphatic heterocycles. The Kier molecular flexibility index (Phi) is 5.83. The lowest BCUT2D eigenvalue weighted by Crippen LogP contribution is -2.53. The molecule has 3 fully saturated rings. The van der Waals surface area contributed by atoms with Gasteiger partial charge in [-0.1, -0.05) is 50.7 Å². The normalized spacial score (nSPS) is 27.4. The van der Waals surface area contributed by atoms with Gasteiger partial charge >= 0.3 is 5.97 Å². The van der Waals surface area contributed by atoms with Gasteiger partial charge in [-0.25, -0.2) is 9.78 Å². The van der Waals surface area contributed by atoms with Crippen molar-refractivity contribution in [1.29, 1.82) is 0 Å². The van der Waals surface area contributed by atoms with Crippen LogP contribution in [0.25, 0.3) is 11.0 Å². The van der Waals surface area contributed by atoms with Gasteiger partial charge in [-0.05, 0) is 56.7 Å². The van der Waals surface area contributed by atoms with Gasteiger partial charge in [-0.2, -0.15) is 0 Å². The van der Waals surface area contributed by atoms with E-state index >= 15 is 0 Å². The van der Waals surface area contributed by atoms with Crippen LogP contribution in [0.2, 0.25) is 0 Å². The molecule has 1 saturated carbocycles. The van der Waals surface area contributed by atoms with E-state index in [9.17, 15) is 14.7 Å². The fraction of sp³-hybridized carbons (Fsp3) is 0.640. The molecule has 6 heteroatoms. The molecule has 0 amide bonds. The maximum Gasteiger partial charge on any atom is 0.360 e. The summed E-state index contributed by atoms with van der Waals surface area (Å²) in [4.78, 5) is 31.8. The Bertz CT molecular complexity index is 997. The third-order valence-corrected chi connectivity index (χ3v) is 7.98. The molecule has 3 heterocycles. The number of carboxylic acids is 1. The lowest BCUT2D eigenvalue weighted by Gasteiger charge is -2.49. The van der Waals surface area contributed by atoms with Gasteiger partial charge in [0.1, 0.15) is 0 Å². The number of aromatic carboxylic acids is 1. The number of nitrogens with zero attached hydrogens (tertiary/aromatic N) is 3. The average molecular weight is 424 g/mol. The fourth-order valence-corrected chi connectivity index (χ4v) is 6.49. The molecule has 1 aliphatic carbocycles. The van der Waals surface area contributed by atoms with Crippen molar-refractivity contribution in [3.05, 3.63) is 40.3 Å². The van der Waals surface area contributed by atoms with Crippen molar-refractivity contribution in [1.82, 2.24) is 14.5 Å². The number of fused-ring (bicyclic) bond motifs is 3. The quantitative estimate of drug-likeness (QED) is 0.759. The van der Waals surface area contributed by atoms with Crippen LogP contribution in [-0.4, -0.2) is 44.2 Å². The van der Waals surface area contributed by atoms with Crippen molar-refractivity contribution in [3.63, 3.8) is 0 Å². The average Bonchev–Trinajstić information content (AvgIpc) is 2.77. The van der Waals surface area contributed by atoms with Crippen LogP contribution < -0.4 is 5.56 Å². The fourth-order valence-electron chi connectivity index (χ4n) is 6.49. The standard InChI is InChI=1S/C25H33N3O3/c29-24-23(25(30)31)26-21-11-4-5-12-22(21)28(24)20-15-18-9-6-10-19(16-20)27(18)14-13-17-7-2-1-3-8-17/h4-5,11-12,17-20H,1-3,6-10,13-16H2,(H,30,31)/t18-,19?,20?/m1/s1. The molecule has 31 heavy (non-hydrogen) atoms. The Morgan fingerprint density at radius 3 is 2.39 bits per heavy atom. The third kappa shape index (κ3) is 4.02. The van der Waals surface area contributed by atoms with Crippen molar-refractivity contribution in [2.75, 3.05) is 6.54 Å². The lowest BCUT2D eigenvalue weighted by molar-refractivity contribution is 0.0118. The summed E-state index contributed by atoms with van der Waals surface area (Å²) in [5.74, 6) is -0.355. The summed E-state index contributed by atoms with van der Waals surface area (Å²) in [5.41, 5.74) is 0.536. The summed E-state index contributed by atoms with van der Waals surface area (Å²) >= 11 is 0. The van der Waals surface area contributed by atoms with Gasteiger partial charge in [-0.15, -0.1) is 0 Å². The molecule has 2 saturated heterocycles.